The lowest BCUT2D eigenvalue weighted by atomic mass is 10.2. The van der Waals surface area contributed by atoms with E-state index in [2.05, 4.69) is 11.5 Å². The van der Waals surface area contributed by atoms with E-state index in [9.17, 15) is 4.79 Å². The van der Waals surface area contributed by atoms with Gasteiger partial charge in [-0.25, -0.2) is 0 Å². The molecule has 1 aliphatic carbocycles. The molecule has 0 atom stereocenters. The van der Waals surface area contributed by atoms with Gasteiger partial charge in [0.1, 0.15) is 6.54 Å². The van der Waals surface area contributed by atoms with Crippen molar-refractivity contribution in [3.63, 3.8) is 0 Å². The number of aromatic nitrogens is 1. The summed E-state index contributed by atoms with van der Waals surface area (Å²) in [5, 5.41) is 5.39. The summed E-state index contributed by atoms with van der Waals surface area (Å²) in [5.74, 6) is 0.0774. The van der Waals surface area contributed by atoms with Crippen molar-refractivity contribution in [2.24, 2.45) is 0 Å². The molecule has 0 bridgehead atoms. The van der Waals surface area contributed by atoms with E-state index in [1.54, 1.807) is 19.0 Å². The second-order valence-corrected chi connectivity index (χ2v) is 6.32. The van der Waals surface area contributed by atoms with Gasteiger partial charge in [-0.15, -0.1) is 0 Å². The maximum atomic E-state index is 12.0. The molecule has 1 fully saturated rings. The maximum Gasteiger partial charge on any atom is 0.241 e. The first-order valence-corrected chi connectivity index (χ1v) is 7.63. The molecule has 1 aliphatic rings. The summed E-state index contributed by atoms with van der Waals surface area (Å²) < 4.78 is 1.99. The minimum absolute atomic E-state index is 0.0774. The van der Waals surface area contributed by atoms with Crippen LogP contribution in [0.3, 0.4) is 0 Å². The van der Waals surface area contributed by atoms with Crippen LogP contribution in [0.25, 0.3) is 10.9 Å². The predicted octanol–water partition coefficient (Wildman–Crippen LogP) is 2.63. The van der Waals surface area contributed by atoms with Crippen LogP contribution in [-0.4, -0.2) is 35.5 Å². The van der Waals surface area contributed by atoms with E-state index < -0.39 is 0 Å². The van der Waals surface area contributed by atoms with Crippen molar-refractivity contribution in [3.05, 3.63) is 35.0 Å². The van der Waals surface area contributed by atoms with E-state index in [1.807, 2.05) is 22.8 Å². The third-order valence-electron chi connectivity index (χ3n) is 3.89. The number of carbonyl (C=O) groups excluding carboxylic acids is 1. The Kier molecular flexibility index (Phi) is 3.91. The minimum Gasteiger partial charge on any atom is -0.347 e. The highest BCUT2D eigenvalue weighted by Crippen LogP contribution is 2.26. The quantitative estimate of drug-likeness (QED) is 0.922. The first-order chi connectivity index (χ1) is 10.0. The summed E-state index contributed by atoms with van der Waals surface area (Å²) >= 11 is 6.11. The van der Waals surface area contributed by atoms with Gasteiger partial charge in [0, 0.05) is 43.3 Å². The van der Waals surface area contributed by atoms with Gasteiger partial charge in [0.25, 0.3) is 0 Å². The second kappa shape index (κ2) is 5.70. The highest BCUT2D eigenvalue weighted by molar-refractivity contribution is 6.31. The second-order valence-electron chi connectivity index (χ2n) is 5.89. The molecule has 0 spiro atoms. The Morgan fingerprint density at radius 3 is 2.86 bits per heavy atom. The Morgan fingerprint density at radius 2 is 2.19 bits per heavy atom. The van der Waals surface area contributed by atoms with Gasteiger partial charge in [0.05, 0.1) is 5.52 Å². The molecular weight excluding hydrogens is 286 g/mol. The minimum atomic E-state index is 0.0774. The third-order valence-corrected chi connectivity index (χ3v) is 4.12. The molecule has 0 aliphatic heterocycles. The smallest absolute Gasteiger partial charge is 0.241 e. The molecule has 1 amide bonds. The fraction of sp³-hybridized carbons (Fsp3) is 0.438. The number of rotatable bonds is 5. The molecule has 3 rings (SSSR count). The Bertz CT molecular complexity index is 673. The summed E-state index contributed by atoms with van der Waals surface area (Å²) in [6.07, 6.45) is 4.60. The zero-order valence-electron chi connectivity index (χ0n) is 12.4. The number of hydrogen-bond donors (Lipinski definition) is 1. The van der Waals surface area contributed by atoms with Crippen LogP contribution in [0, 0.1) is 0 Å². The van der Waals surface area contributed by atoms with Crippen LogP contribution in [-0.2, 0) is 17.9 Å². The van der Waals surface area contributed by atoms with Crippen molar-refractivity contribution < 1.29 is 4.79 Å². The lowest BCUT2D eigenvalue weighted by Crippen LogP contribution is -2.26. The molecule has 21 heavy (non-hydrogen) atoms. The Balaban J connectivity index is 1.93. The summed E-state index contributed by atoms with van der Waals surface area (Å²) in [5.41, 5.74) is 2.24. The van der Waals surface area contributed by atoms with Crippen molar-refractivity contribution in [3.8, 4) is 0 Å². The van der Waals surface area contributed by atoms with Gasteiger partial charge in [0.15, 0.2) is 0 Å². The van der Waals surface area contributed by atoms with Gasteiger partial charge in [0.2, 0.25) is 5.91 Å². The Labute approximate surface area is 129 Å². The summed E-state index contributed by atoms with van der Waals surface area (Å²) in [6.45, 7) is 1.18. The predicted molar refractivity (Wildman–Crippen MR) is 85.5 cm³/mol. The molecular formula is C16H20ClN3O. The molecule has 0 unspecified atom stereocenters. The molecule has 4 nitrogen and oxygen atoms in total. The van der Waals surface area contributed by atoms with E-state index in [0.717, 1.165) is 12.1 Å². The van der Waals surface area contributed by atoms with E-state index in [0.29, 0.717) is 17.6 Å². The number of carbonyl (C=O) groups is 1. The van der Waals surface area contributed by atoms with E-state index in [-0.39, 0.29) is 5.91 Å². The van der Waals surface area contributed by atoms with Gasteiger partial charge < -0.3 is 14.8 Å². The zero-order chi connectivity index (χ0) is 15.0. The maximum absolute atomic E-state index is 12.0. The van der Waals surface area contributed by atoms with E-state index >= 15 is 0 Å². The Morgan fingerprint density at radius 1 is 1.43 bits per heavy atom. The highest BCUT2D eigenvalue weighted by atomic mass is 35.5. The summed E-state index contributed by atoms with van der Waals surface area (Å²) in [7, 11) is 3.55. The van der Waals surface area contributed by atoms with Crippen molar-refractivity contribution in [1.82, 2.24) is 14.8 Å². The van der Waals surface area contributed by atoms with Gasteiger partial charge in [-0.05, 0) is 30.5 Å². The van der Waals surface area contributed by atoms with Gasteiger partial charge in [-0.2, -0.15) is 0 Å². The van der Waals surface area contributed by atoms with Crippen molar-refractivity contribution in [1.29, 1.82) is 0 Å². The third kappa shape index (κ3) is 3.22. The molecule has 1 aromatic heterocycles. The monoisotopic (exact) mass is 305 g/mol. The number of likely N-dealkylation sites (N-methyl/N-ethyl adjacent to an activating group) is 1. The molecule has 0 radical (unpaired) electrons. The lowest BCUT2D eigenvalue weighted by molar-refractivity contribution is -0.129. The van der Waals surface area contributed by atoms with Crippen LogP contribution in [0.15, 0.2) is 24.4 Å². The van der Waals surface area contributed by atoms with Gasteiger partial charge in [-0.3, -0.25) is 4.79 Å². The van der Waals surface area contributed by atoms with Crippen molar-refractivity contribution >= 4 is 28.4 Å². The topological polar surface area (TPSA) is 37.3 Å². The SMILES string of the molecule is CN(C)C(=O)Cn1cc(CNC2CC2)c2ccc(Cl)cc21. The largest absolute Gasteiger partial charge is 0.347 e. The average Bonchev–Trinajstić information content (AvgIpc) is 3.21. The first kappa shape index (κ1) is 14.4. The normalized spacial score (nSPS) is 14.6. The van der Waals surface area contributed by atoms with Crippen molar-refractivity contribution in [2.75, 3.05) is 14.1 Å². The molecule has 1 heterocycles. The summed E-state index contributed by atoms with van der Waals surface area (Å²) in [6, 6.07) is 6.54. The molecule has 1 aromatic carbocycles. The lowest BCUT2D eigenvalue weighted by Gasteiger charge is -2.11. The standard InChI is InChI=1S/C16H20ClN3O/c1-19(2)16(21)10-20-9-11(8-18-13-4-5-13)14-6-3-12(17)7-15(14)20/h3,6-7,9,13,18H,4-5,8,10H2,1-2H3. The number of nitrogens with zero attached hydrogens (tertiary/aromatic N) is 2. The fourth-order valence-corrected chi connectivity index (χ4v) is 2.61. The molecule has 1 saturated carbocycles. The number of amides is 1. The van der Waals surface area contributed by atoms with Crippen LogP contribution in [0.5, 0.6) is 0 Å². The number of hydrogen-bond acceptors (Lipinski definition) is 2. The molecule has 1 N–H and O–H groups in total. The van der Waals surface area contributed by atoms with Crippen LogP contribution < -0.4 is 5.32 Å². The Hall–Kier alpha value is -1.52. The van der Waals surface area contributed by atoms with E-state index in [1.165, 1.54) is 23.8 Å². The van der Waals surface area contributed by atoms with Crippen LogP contribution in [0.4, 0.5) is 0 Å². The zero-order valence-corrected chi connectivity index (χ0v) is 13.2. The highest BCUT2D eigenvalue weighted by Gasteiger charge is 2.21. The van der Waals surface area contributed by atoms with Crippen molar-refractivity contribution in [2.45, 2.75) is 32.0 Å². The first-order valence-electron chi connectivity index (χ1n) is 7.25. The number of halogens is 1. The number of nitrogens with one attached hydrogen (secondary N) is 1. The number of benzene rings is 1. The number of fused-ring (bicyclic) bond motifs is 1. The molecule has 112 valence electrons. The molecule has 0 saturated heterocycles. The summed E-state index contributed by atoms with van der Waals surface area (Å²) in [4.78, 5) is 13.6. The van der Waals surface area contributed by atoms with Gasteiger partial charge in [-0.1, -0.05) is 17.7 Å². The van der Waals surface area contributed by atoms with Crippen LogP contribution in [0.2, 0.25) is 5.02 Å². The van der Waals surface area contributed by atoms with E-state index in [4.69, 9.17) is 11.6 Å². The fourth-order valence-electron chi connectivity index (χ4n) is 2.44. The van der Waals surface area contributed by atoms with Crippen LogP contribution in [0.1, 0.15) is 18.4 Å². The molecule has 2 aromatic rings. The molecule has 5 heteroatoms. The van der Waals surface area contributed by atoms with Crippen LogP contribution >= 0.6 is 11.6 Å². The average molecular weight is 306 g/mol. The van der Waals surface area contributed by atoms with Gasteiger partial charge >= 0.3 is 0 Å².